The Labute approximate surface area is 150 Å². The topological polar surface area (TPSA) is 32.3 Å². The first-order chi connectivity index (χ1) is 11.1. The van der Waals surface area contributed by atoms with Crippen molar-refractivity contribution in [2.75, 3.05) is 17.6 Å². The van der Waals surface area contributed by atoms with Gasteiger partial charge in [-0.2, -0.15) is 0 Å². The second-order valence-corrected chi connectivity index (χ2v) is 7.28. The SMILES string of the molecule is Cc1ccccc1NC(=O)N1CCS[C@H]1c1cccc(Cl)c1Cl. The number of halogens is 2. The summed E-state index contributed by atoms with van der Waals surface area (Å²) in [6.45, 7) is 2.65. The highest BCUT2D eigenvalue weighted by Gasteiger charge is 2.32. The van der Waals surface area contributed by atoms with Crippen LogP contribution in [0.5, 0.6) is 0 Å². The number of para-hydroxylation sites is 1. The van der Waals surface area contributed by atoms with Crippen LogP contribution in [0.1, 0.15) is 16.5 Å². The van der Waals surface area contributed by atoms with Gasteiger partial charge in [0, 0.05) is 23.5 Å². The van der Waals surface area contributed by atoms with Gasteiger partial charge in [-0.15, -0.1) is 11.8 Å². The summed E-state index contributed by atoms with van der Waals surface area (Å²) in [6, 6.07) is 13.1. The maximum Gasteiger partial charge on any atom is 0.323 e. The number of anilines is 1. The number of urea groups is 1. The molecule has 1 aliphatic rings. The Kier molecular flexibility index (Phi) is 5.05. The zero-order valence-electron chi connectivity index (χ0n) is 12.6. The van der Waals surface area contributed by atoms with E-state index in [0.717, 1.165) is 22.6 Å². The molecule has 0 unspecified atom stereocenters. The summed E-state index contributed by atoms with van der Waals surface area (Å²) in [5.41, 5.74) is 2.73. The molecule has 23 heavy (non-hydrogen) atoms. The van der Waals surface area contributed by atoms with Gasteiger partial charge in [-0.25, -0.2) is 4.79 Å². The van der Waals surface area contributed by atoms with E-state index >= 15 is 0 Å². The molecule has 3 nitrogen and oxygen atoms in total. The summed E-state index contributed by atoms with van der Waals surface area (Å²) in [7, 11) is 0. The van der Waals surface area contributed by atoms with E-state index in [9.17, 15) is 4.79 Å². The highest BCUT2D eigenvalue weighted by atomic mass is 35.5. The van der Waals surface area contributed by atoms with Gasteiger partial charge >= 0.3 is 6.03 Å². The number of rotatable bonds is 2. The van der Waals surface area contributed by atoms with Crippen LogP contribution >= 0.6 is 35.0 Å². The van der Waals surface area contributed by atoms with Crippen LogP contribution in [0.15, 0.2) is 42.5 Å². The molecular formula is C17H16Cl2N2OS. The van der Waals surface area contributed by atoms with Crippen LogP contribution in [0.25, 0.3) is 0 Å². The van der Waals surface area contributed by atoms with Crippen molar-refractivity contribution in [3.8, 4) is 0 Å². The molecule has 2 amide bonds. The van der Waals surface area contributed by atoms with Crippen LogP contribution in [0.3, 0.4) is 0 Å². The molecule has 1 N–H and O–H groups in total. The Hall–Kier alpha value is -1.36. The normalized spacial score (nSPS) is 17.3. The van der Waals surface area contributed by atoms with E-state index in [-0.39, 0.29) is 11.4 Å². The Morgan fingerprint density at radius 1 is 1.22 bits per heavy atom. The van der Waals surface area contributed by atoms with Crippen LogP contribution in [-0.4, -0.2) is 23.2 Å². The molecule has 0 radical (unpaired) electrons. The molecule has 2 aromatic rings. The standard InChI is InChI=1S/C17H16Cl2N2OS/c1-11-5-2-3-8-14(11)20-17(22)21-9-10-23-16(21)12-6-4-7-13(18)15(12)19/h2-8,16H,9-10H2,1H3,(H,20,22)/t16-/m0/s1. The van der Waals surface area contributed by atoms with E-state index in [4.69, 9.17) is 23.2 Å². The lowest BCUT2D eigenvalue weighted by atomic mass is 10.2. The molecule has 3 rings (SSSR count). The Bertz CT molecular complexity index is 738. The minimum Gasteiger partial charge on any atom is -0.308 e. The molecule has 0 bridgehead atoms. The predicted octanol–water partition coefficient (Wildman–Crippen LogP) is 5.58. The third-order valence-electron chi connectivity index (χ3n) is 3.79. The van der Waals surface area contributed by atoms with Gasteiger partial charge < -0.3 is 10.2 Å². The molecule has 1 saturated heterocycles. The summed E-state index contributed by atoms with van der Waals surface area (Å²) in [4.78, 5) is 14.5. The monoisotopic (exact) mass is 366 g/mol. The average molecular weight is 367 g/mol. The number of amides is 2. The molecule has 1 atom stereocenters. The zero-order valence-corrected chi connectivity index (χ0v) is 14.9. The zero-order chi connectivity index (χ0) is 16.4. The molecule has 1 fully saturated rings. The lowest BCUT2D eigenvalue weighted by Gasteiger charge is -2.25. The molecule has 2 aromatic carbocycles. The van der Waals surface area contributed by atoms with Gasteiger partial charge in [-0.05, 0) is 24.6 Å². The average Bonchev–Trinajstić information content (AvgIpc) is 3.02. The maximum absolute atomic E-state index is 12.7. The Balaban J connectivity index is 1.83. The van der Waals surface area contributed by atoms with Crippen molar-refractivity contribution < 1.29 is 4.79 Å². The summed E-state index contributed by atoms with van der Waals surface area (Å²) in [5, 5.41) is 3.89. The summed E-state index contributed by atoms with van der Waals surface area (Å²) in [6.07, 6.45) is 0. The fourth-order valence-corrected chi connectivity index (χ4v) is 4.31. The number of nitrogens with one attached hydrogen (secondary N) is 1. The van der Waals surface area contributed by atoms with Gasteiger partial charge in [-0.1, -0.05) is 53.5 Å². The van der Waals surface area contributed by atoms with E-state index in [1.807, 2.05) is 43.3 Å². The lowest BCUT2D eigenvalue weighted by molar-refractivity contribution is 0.214. The fraction of sp³-hybridized carbons (Fsp3) is 0.235. The minimum atomic E-state index is -0.120. The first-order valence-corrected chi connectivity index (χ1v) is 9.07. The van der Waals surface area contributed by atoms with E-state index in [1.165, 1.54) is 0 Å². The molecule has 0 aromatic heterocycles. The first kappa shape index (κ1) is 16.5. The first-order valence-electron chi connectivity index (χ1n) is 7.26. The minimum absolute atomic E-state index is 0.120. The summed E-state index contributed by atoms with van der Waals surface area (Å²) >= 11 is 14.1. The van der Waals surface area contributed by atoms with Crippen molar-refractivity contribution in [2.45, 2.75) is 12.3 Å². The lowest BCUT2D eigenvalue weighted by Crippen LogP contribution is -2.34. The van der Waals surface area contributed by atoms with Crippen molar-refractivity contribution >= 4 is 46.7 Å². The van der Waals surface area contributed by atoms with Crippen LogP contribution in [0.4, 0.5) is 10.5 Å². The van der Waals surface area contributed by atoms with Gasteiger partial charge in [0.15, 0.2) is 0 Å². The van der Waals surface area contributed by atoms with Gasteiger partial charge in [0.25, 0.3) is 0 Å². The quantitative estimate of drug-likeness (QED) is 0.751. The largest absolute Gasteiger partial charge is 0.323 e. The Morgan fingerprint density at radius 2 is 2.00 bits per heavy atom. The number of carbonyl (C=O) groups excluding carboxylic acids is 1. The molecule has 120 valence electrons. The van der Waals surface area contributed by atoms with Gasteiger partial charge in [0.2, 0.25) is 0 Å². The van der Waals surface area contributed by atoms with Crippen molar-refractivity contribution in [1.29, 1.82) is 0 Å². The molecule has 0 spiro atoms. The number of hydrogen-bond acceptors (Lipinski definition) is 2. The van der Waals surface area contributed by atoms with Crippen molar-refractivity contribution in [1.82, 2.24) is 4.90 Å². The van der Waals surface area contributed by atoms with E-state index in [1.54, 1.807) is 22.7 Å². The van der Waals surface area contributed by atoms with Crippen molar-refractivity contribution in [3.63, 3.8) is 0 Å². The maximum atomic E-state index is 12.7. The van der Waals surface area contributed by atoms with Crippen LogP contribution in [0, 0.1) is 6.92 Å². The van der Waals surface area contributed by atoms with E-state index in [0.29, 0.717) is 16.6 Å². The molecule has 1 aliphatic heterocycles. The number of benzene rings is 2. The molecule has 0 aliphatic carbocycles. The number of nitrogens with zero attached hydrogens (tertiary/aromatic N) is 1. The van der Waals surface area contributed by atoms with Crippen molar-refractivity contribution in [2.24, 2.45) is 0 Å². The third-order valence-corrected chi connectivity index (χ3v) is 5.86. The second kappa shape index (κ2) is 7.04. The number of aryl methyl sites for hydroxylation is 1. The predicted molar refractivity (Wildman–Crippen MR) is 98.6 cm³/mol. The van der Waals surface area contributed by atoms with E-state index in [2.05, 4.69) is 5.32 Å². The molecular weight excluding hydrogens is 351 g/mol. The van der Waals surface area contributed by atoms with Crippen LogP contribution in [-0.2, 0) is 0 Å². The molecule has 6 heteroatoms. The van der Waals surface area contributed by atoms with E-state index < -0.39 is 0 Å². The van der Waals surface area contributed by atoms with Crippen molar-refractivity contribution in [3.05, 3.63) is 63.6 Å². The van der Waals surface area contributed by atoms with Gasteiger partial charge in [-0.3, -0.25) is 0 Å². The highest BCUT2D eigenvalue weighted by molar-refractivity contribution is 7.99. The number of hydrogen-bond donors (Lipinski definition) is 1. The summed E-state index contributed by atoms with van der Waals surface area (Å²) < 4.78 is 0. The second-order valence-electron chi connectivity index (χ2n) is 5.30. The molecule has 1 heterocycles. The number of carbonyl (C=O) groups is 1. The smallest absolute Gasteiger partial charge is 0.308 e. The number of thioether (sulfide) groups is 1. The fourth-order valence-electron chi connectivity index (χ4n) is 2.55. The Morgan fingerprint density at radius 3 is 2.78 bits per heavy atom. The van der Waals surface area contributed by atoms with Gasteiger partial charge in [0.05, 0.1) is 10.0 Å². The summed E-state index contributed by atoms with van der Waals surface area (Å²) in [5.74, 6) is 0.870. The third kappa shape index (κ3) is 3.44. The molecule has 0 saturated carbocycles. The van der Waals surface area contributed by atoms with Crippen LogP contribution < -0.4 is 5.32 Å². The van der Waals surface area contributed by atoms with Gasteiger partial charge in [0.1, 0.15) is 5.37 Å². The van der Waals surface area contributed by atoms with Crippen LogP contribution in [0.2, 0.25) is 10.0 Å². The highest BCUT2D eigenvalue weighted by Crippen LogP contribution is 2.42.